The molecule has 1 atom stereocenters. The lowest BCUT2D eigenvalue weighted by Gasteiger charge is -2.41. The van der Waals surface area contributed by atoms with E-state index in [0.29, 0.717) is 13.2 Å². The molecule has 3 saturated heterocycles. The van der Waals surface area contributed by atoms with Gasteiger partial charge in [-0.25, -0.2) is 0 Å². The molecule has 0 amide bonds. The third kappa shape index (κ3) is 2.66. The Morgan fingerprint density at radius 2 is 1.84 bits per heavy atom. The Bertz CT molecular complexity index is 430. The Labute approximate surface area is 115 Å². The molecule has 19 heavy (non-hydrogen) atoms. The molecule has 0 saturated carbocycles. The van der Waals surface area contributed by atoms with Gasteiger partial charge in [-0.1, -0.05) is 36.4 Å². The van der Waals surface area contributed by atoms with Gasteiger partial charge in [-0.2, -0.15) is 0 Å². The van der Waals surface area contributed by atoms with Gasteiger partial charge < -0.3 is 13.3 Å². The van der Waals surface area contributed by atoms with E-state index in [4.69, 9.17) is 13.3 Å². The van der Waals surface area contributed by atoms with Gasteiger partial charge in [0.25, 0.3) is 0 Å². The van der Waals surface area contributed by atoms with Crippen LogP contribution in [0.1, 0.15) is 0 Å². The second-order valence-corrected chi connectivity index (χ2v) is 7.31. The Balaban J connectivity index is 1.97. The standard InChI is InChI=1S/C14H19NO3Si/c1-2-13-12-15-8-10-16-19(18-13,17-11-9-15)14-6-4-3-5-7-14/h2-7,13H,1,8-12H2. The average Bonchev–Trinajstić information content (AvgIpc) is 2.38. The molecule has 4 rings (SSSR count). The van der Waals surface area contributed by atoms with Crippen molar-refractivity contribution in [3.05, 3.63) is 43.0 Å². The zero-order valence-corrected chi connectivity index (χ0v) is 12.0. The van der Waals surface area contributed by atoms with Gasteiger partial charge in [-0.3, -0.25) is 4.90 Å². The lowest BCUT2D eigenvalue weighted by atomic mass is 10.3. The maximum Gasteiger partial charge on any atom is 0.537 e. The van der Waals surface area contributed by atoms with Crippen LogP contribution in [0.4, 0.5) is 0 Å². The van der Waals surface area contributed by atoms with E-state index in [-0.39, 0.29) is 6.10 Å². The Kier molecular flexibility index (Phi) is 3.81. The van der Waals surface area contributed by atoms with E-state index in [0.717, 1.165) is 24.8 Å². The molecule has 102 valence electrons. The summed E-state index contributed by atoms with van der Waals surface area (Å²) in [5.74, 6) is 0. The van der Waals surface area contributed by atoms with Gasteiger partial charge >= 0.3 is 8.80 Å². The first-order valence-corrected chi connectivity index (χ1v) is 8.41. The molecule has 3 aliphatic rings. The second-order valence-electron chi connectivity index (χ2n) is 4.81. The Morgan fingerprint density at radius 3 is 2.47 bits per heavy atom. The van der Waals surface area contributed by atoms with Crippen molar-refractivity contribution in [3.63, 3.8) is 0 Å². The first kappa shape index (κ1) is 13.0. The summed E-state index contributed by atoms with van der Waals surface area (Å²) in [5, 5.41) is 1.04. The summed E-state index contributed by atoms with van der Waals surface area (Å²) >= 11 is 0. The van der Waals surface area contributed by atoms with Crippen molar-refractivity contribution < 1.29 is 13.3 Å². The average molecular weight is 277 g/mol. The summed E-state index contributed by atoms with van der Waals surface area (Å²) in [6, 6.07) is 10.1. The summed E-state index contributed by atoms with van der Waals surface area (Å²) in [6.45, 7) is 7.91. The second kappa shape index (κ2) is 5.56. The fourth-order valence-corrected chi connectivity index (χ4v) is 5.09. The number of hydrogen-bond acceptors (Lipinski definition) is 4. The molecular weight excluding hydrogens is 258 g/mol. The van der Waals surface area contributed by atoms with Crippen molar-refractivity contribution >= 4 is 14.0 Å². The number of hydrogen-bond donors (Lipinski definition) is 0. The van der Waals surface area contributed by atoms with E-state index in [1.807, 2.05) is 36.4 Å². The molecule has 1 aromatic carbocycles. The molecule has 1 unspecified atom stereocenters. The van der Waals surface area contributed by atoms with Crippen LogP contribution in [0.5, 0.6) is 0 Å². The van der Waals surface area contributed by atoms with Crippen LogP contribution >= 0.6 is 0 Å². The Hall–Kier alpha value is -0.983. The predicted octanol–water partition coefficient (Wildman–Crippen LogP) is 0.766. The summed E-state index contributed by atoms with van der Waals surface area (Å²) in [5.41, 5.74) is 0. The largest absolute Gasteiger partial charge is 0.537 e. The molecule has 0 radical (unpaired) electrons. The molecule has 2 bridgehead atoms. The summed E-state index contributed by atoms with van der Waals surface area (Å²) < 4.78 is 18.3. The van der Waals surface area contributed by atoms with Crippen molar-refractivity contribution in [2.75, 3.05) is 32.8 Å². The van der Waals surface area contributed by atoms with Gasteiger partial charge in [0.2, 0.25) is 0 Å². The summed E-state index contributed by atoms with van der Waals surface area (Å²) in [6.07, 6.45) is 1.81. The molecule has 1 aromatic rings. The highest BCUT2D eigenvalue weighted by atomic mass is 28.4. The highest BCUT2D eigenvalue weighted by molar-refractivity contribution is 6.75. The van der Waals surface area contributed by atoms with Gasteiger partial charge in [0.15, 0.2) is 0 Å². The topological polar surface area (TPSA) is 30.9 Å². The highest BCUT2D eigenvalue weighted by Gasteiger charge is 2.48. The van der Waals surface area contributed by atoms with Crippen LogP contribution in [-0.4, -0.2) is 52.7 Å². The van der Waals surface area contributed by atoms with Crippen molar-refractivity contribution in [2.24, 2.45) is 0 Å². The first-order chi connectivity index (χ1) is 9.32. The third-order valence-corrected chi connectivity index (χ3v) is 6.36. The molecule has 0 aliphatic carbocycles. The van der Waals surface area contributed by atoms with Gasteiger partial charge in [0, 0.05) is 24.8 Å². The van der Waals surface area contributed by atoms with Gasteiger partial charge in [0.05, 0.1) is 19.3 Å². The molecule has 4 nitrogen and oxygen atoms in total. The molecule has 0 N–H and O–H groups in total. The number of nitrogens with zero attached hydrogens (tertiary/aromatic N) is 1. The van der Waals surface area contributed by atoms with Gasteiger partial charge in [0.1, 0.15) is 0 Å². The molecule has 5 heteroatoms. The molecular formula is C14H19NO3Si. The fourth-order valence-electron chi connectivity index (χ4n) is 2.51. The SMILES string of the molecule is C=CC1CN2CCO[Si](c3ccccc3)(OCC2)O1. The van der Waals surface area contributed by atoms with Crippen LogP contribution in [0.2, 0.25) is 0 Å². The van der Waals surface area contributed by atoms with Crippen LogP contribution in [0.15, 0.2) is 43.0 Å². The maximum absolute atomic E-state index is 6.22. The minimum Gasteiger partial charge on any atom is -0.369 e. The number of fused-ring (bicyclic) bond motifs is 6. The molecule has 0 aromatic heterocycles. The minimum absolute atomic E-state index is 0.0347. The van der Waals surface area contributed by atoms with Crippen molar-refractivity contribution in [1.29, 1.82) is 0 Å². The van der Waals surface area contributed by atoms with Gasteiger partial charge in [-0.15, -0.1) is 6.58 Å². The summed E-state index contributed by atoms with van der Waals surface area (Å²) in [7, 11) is -2.79. The van der Waals surface area contributed by atoms with E-state index in [2.05, 4.69) is 11.5 Å². The zero-order valence-electron chi connectivity index (χ0n) is 11.0. The number of benzene rings is 1. The van der Waals surface area contributed by atoms with E-state index in [1.165, 1.54) is 0 Å². The normalized spacial score (nSPS) is 35.2. The third-order valence-electron chi connectivity index (χ3n) is 3.53. The van der Waals surface area contributed by atoms with Crippen molar-refractivity contribution in [3.8, 4) is 0 Å². The smallest absolute Gasteiger partial charge is 0.369 e. The van der Waals surface area contributed by atoms with Crippen LogP contribution in [0, 0.1) is 0 Å². The molecule has 3 fully saturated rings. The van der Waals surface area contributed by atoms with Gasteiger partial charge in [-0.05, 0) is 0 Å². The van der Waals surface area contributed by atoms with Crippen LogP contribution in [0.3, 0.4) is 0 Å². The van der Waals surface area contributed by atoms with Crippen LogP contribution in [0.25, 0.3) is 0 Å². The lowest BCUT2D eigenvalue weighted by molar-refractivity contribution is -0.0185. The number of rotatable bonds is 2. The van der Waals surface area contributed by atoms with E-state index < -0.39 is 8.80 Å². The quantitative estimate of drug-likeness (QED) is 0.590. The molecule has 3 heterocycles. The van der Waals surface area contributed by atoms with Crippen molar-refractivity contribution in [1.82, 2.24) is 4.90 Å². The van der Waals surface area contributed by atoms with E-state index in [1.54, 1.807) is 0 Å². The Morgan fingerprint density at radius 1 is 1.16 bits per heavy atom. The monoisotopic (exact) mass is 277 g/mol. The zero-order chi connectivity index (χ0) is 13.1. The van der Waals surface area contributed by atoms with Crippen molar-refractivity contribution in [2.45, 2.75) is 6.10 Å². The maximum atomic E-state index is 6.22. The minimum atomic E-state index is -2.79. The molecule has 0 spiro atoms. The predicted molar refractivity (Wildman–Crippen MR) is 75.2 cm³/mol. The highest BCUT2D eigenvalue weighted by Crippen LogP contribution is 2.19. The van der Waals surface area contributed by atoms with E-state index >= 15 is 0 Å². The molecule has 3 aliphatic heterocycles. The van der Waals surface area contributed by atoms with Crippen LogP contribution in [-0.2, 0) is 13.3 Å². The lowest BCUT2D eigenvalue weighted by Crippen LogP contribution is -2.64. The van der Waals surface area contributed by atoms with E-state index in [9.17, 15) is 0 Å². The fraction of sp³-hybridized carbons (Fsp3) is 0.429. The summed E-state index contributed by atoms with van der Waals surface area (Å²) in [4.78, 5) is 2.30. The first-order valence-electron chi connectivity index (χ1n) is 6.68. The van der Waals surface area contributed by atoms with Crippen LogP contribution < -0.4 is 5.19 Å².